The molecule has 0 aliphatic rings. The van der Waals surface area contributed by atoms with Crippen LogP contribution in [0.15, 0.2) is 30.9 Å². The van der Waals surface area contributed by atoms with Gasteiger partial charge in [-0.1, -0.05) is 12.1 Å². The lowest BCUT2D eigenvalue weighted by atomic mass is 10.2. The van der Waals surface area contributed by atoms with Crippen LogP contribution in [0.25, 0.3) is 0 Å². The van der Waals surface area contributed by atoms with Crippen LogP contribution in [0.2, 0.25) is 0 Å². The second-order valence-corrected chi connectivity index (χ2v) is 4.03. The monoisotopic (exact) mass is 266 g/mol. The number of halogens is 1. The number of benzene rings is 1. The second kappa shape index (κ2) is 7.41. The van der Waals surface area contributed by atoms with Crippen molar-refractivity contribution in [3.05, 3.63) is 42.2 Å². The number of nitrogens with one attached hydrogen (secondary N) is 1. The van der Waals surface area contributed by atoms with Crippen LogP contribution >= 0.6 is 0 Å². The summed E-state index contributed by atoms with van der Waals surface area (Å²) < 4.78 is 18.7. The highest BCUT2D eigenvalue weighted by molar-refractivity contribution is 5.73. The van der Waals surface area contributed by atoms with E-state index in [2.05, 4.69) is 11.9 Å². The lowest BCUT2D eigenvalue weighted by Gasteiger charge is -2.16. The molecule has 0 radical (unpaired) electrons. The Bertz CT molecular complexity index is 449. The van der Waals surface area contributed by atoms with Gasteiger partial charge >= 0.3 is 6.03 Å². The molecule has 4 nitrogen and oxygen atoms in total. The summed E-state index contributed by atoms with van der Waals surface area (Å²) in [7, 11) is 1.66. The Kier molecular flexibility index (Phi) is 5.85. The number of hydrogen-bond acceptors (Lipinski definition) is 2. The zero-order valence-corrected chi connectivity index (χ0v) is 11.3. The lowest BCUT2D eigenvalue weighted by Crippen LogP contribution is -2.36. The van der Waals surface area contributed by atoms with E-state index in [1.165, 1.54) is 11.0 Å². The van der Waals surface area contributed by atoms with Crippen molar-refractivity contribution in [2.45, 2.75) is 13.5 Å². The van der Waals surface area contributed by atoms with Crippen LogP contribution in [0.4, 0.5) is 9.18 Å². The number of carbonyl (C=O) groups excluding carboxylic acids is 1. The van der Waals surface area contributed by atoms with E-state index in [0.717, 1.165) is 0 Å². The Labute approximate surface area is 112 Å². The van der Waals surface area contributed by atoms with Gasteiger partial charge in [0.2, 0.25) is 0 Å². The summed E-state index contributed by atoms with van der Waals surface area (Å²) in [6, 6.07) is 4.42. The summed E-state index contributed by atoms with van der Waals surface area (Å²) >= 11 is 0. The highest BCUT2D eigenvalue weighted by Gasteiger charge is 2.08. The molecule has 0 saturated carbocycles. The maximum Gasteiger partial charge on any atom is 0.317 e. The van der Waals surface area contributed by atoms with Gasteiger partial charge in [-0.2, -0.15) is 0 Å². The summed E-state index contributed by atoms with van der Waals surface area (Å²) in [5, 5.41) is 2.69. The fourth-order valence-electron chi connectivity index (χ4n) is 1.52. The number of urea groups is 1. The van der Waals surface area contributed by atoms with Gasteiger partial charge < -0.3 is 15.0 Å². The summed E-state index contributed by atoms with van der Waals surface area (Å²) in [5.74, 6) is -0.200. The van der Waals surface area contributed by atoms with E-state index in [0.29, 0.717) is 18.7 Å². The molecule has 5 heteroatoms. The number of ether oxygens (including phenoxy) is 1. The Hall–Kier alpha value is -2.04. The minimum absolute atomic E-state index is 0.223. The third-order valence-corrected chi connectivity index (χ3v) is 2.49. The van der Waals surface area contributed by atoms with Crippen LogP contribution in [0.5, 0.6) is 5.75 Å². The molecule has 1 rings (SSSR count). The van der Waals surface area contributed by atoms with E-state index in [4.69, 9.17) is 4.74 Å². The first kappa shape index (κ1) is 15.0. The molecule has 1 aromatic rings. The standard InChI is InChI=1S/C14H19FN2O2/c1-4-8-17(3)14(18)16-10-11-6-7-13(19-5-2)12(15)9-11/h4,6-7,9H,1,5,8,10H2,2-3H3,(H,16,18). The van der Waals surface area contributed by atoms with Crippen molar-refractivity contribution in [2.75, 3.05) is 20.2 Å². The van der Waals surface area contributed by atoms with Crippen molar-refractivity contribution < 1.29 is 13.9 Å². The first-order valence-corrected chi connectivity index (χ1v) is 6.09. The van der Waals surface area contributed by atoms with E-state index in [-0.39, 0.29) is 18.3 Å². The number of hydrogen-bond donors (Lipinski definition) is 1. The highest BCUT2D eigenvalue weighted by atomic mass is 19.1. The van der Waals surface area contributed by atoms with E-state index in [1.54, 1.807) is 32.2 Å². The quantitative estimate of drug-likeness (QED) is 0.804. The molecule has 0 bridgehead atoms. The highest BCUT2D eigenvalue weighted by Crippen LogP contribution is 2.18. The third kappa shape index (κ3) is 4.62. The molecule has 0 aliphatic heterocycles. The molecule has 0 aromatic heterocycles. The first-order valence-electron chi connectivity index (χ1n) is 6.09. The van der Waals surface area contributed by atoms with Gasteiger partial charge in [-0.3, -0.25) is 0 Å². The van der Waals surface area contributed by atoms with E-state index < -0.39 is 5.82 Å². The normalized spacial score (nSPS) is 9.84. The minimum atomic E-state index is -0.423. The second-order valence-electron chi connectivity index (χ2n) is 4.03. The minimum Gasteiger partial charge on any atom is -0.491 e. The van der Waals surface area contributed by atoms with Gasteiger partial charge in [-0.15, -0.1) is 6.58 Å². The molecule has 0 fully saturated rings. The molecule has 0 aliphatic carbocycles. The number of carbonyl (C=O) groups is 1. The SMILES string of the molecule is C=CCN(C)C(=O)NCc1ccc(OCC)c(F)c1. The smallest absolute Gasteiger partial charge is 0.317 e. The van der Waals surface area contributed by atoms with Crippen molar-refractivity contribution in [1.29, 1.82) is 0 Å². The van der Waals surface area contributed by atoms with Gasteiger partial charge in [0.1, 0.15) is 0 Å². The van der Waals surface area contributed by atoms with Crippen molar-refractivity contribution in [1.82, 2.24) is 10.2 Å². The average Bonchev–Trinajstić information content (AvgIpc) is 2.39. The number of amides is 2. The number of rotatable bonds is 6. The molecule has 1 N–H and O–H groups in total. The predicted octanol–water partition coefficient (Wildman–Crippen LogP) is 2.55. The molecule has 0 saturated heterocycles. The Morgan fingerprint density at radius 3 is 2.89 bits per heavy atom. The van der Waals surface area contributed by atoms with Crippen LogP contribution in [-0.4, -0.2) is 31.1 Å². The molecule has 1 aromatic carbocycles. The summed E-state index contributed by atoms with van der Waals surface area (Å²) in [4.78, 5) is 13.1. The third-order valence-electron chi connectivity index (χ3n) is 2.49. The van der Waals surface area contributed by atoms with Gasteiger partial charge in [0, 0.05) is 20.1 Å². The largest absolute Gasteiger partial charge is 0.491 e. The van der Waals surface area contributed by atoms with Crippen LogP contribution in [0.1, 0.15) is 12.5 Å². The lowest BCUT2D eigenvalue weighted by molar-refractivity contribution is 0.212. The van der Waals surface area contributed by atoms with Crippen LogP contribution in [-0.2, 0) is 6.54 Å². The fourth-order valence-corrected chi connectivity index (χ4v) is 1.52. The fraction of sp³-hybridized carbons (Fsp3) is 0.357. The zero-order chi connectivity index (χ0) is 14.3. The molecule has 19 heavy (non-hydrogen) atoms. The first-order chi connectivity index (χ1) is 9.08. The molecular weight excluding hydrogens is 247 g/mol. The molecule has 0 unspecified atom stereocenters. The van der Waals surface area contributed by atoms with Gasteiger partial charge in [0.05, 0.1) is 6.61 Å². The average molecular weight is 266 g/mol. The van der Waals surface area contributed by atoms with E-state index in [1.807, 2.05) is 0 Å². The van der Waals surface area contributed by atoms with E-state index in [9.17, 15) is 9.18 Å². The van der Waals surface area contributed by atoms with Gasteiger partial charge in [0.15, 0.2) is 11.6 Å². The van der Waals surface area contributed by atoms with Crippen LogP contribution in [0, 0.1) is 5.82 Å². The molecular formula is C14H19FN2O2. The Balaban J connectivity index is 2.56. The maximum atomic E-state index is 13.6. The Morgan fingerprint density at radius 1 is 1.58 bits per heavy atom. The molecule has 0 heterocycles. The summed E-state index contributed by atoms with van der Waals surface area (Å²) in [6.07, 6.45) is 1.64. The maximum absolute atomic E-state index is 13.6. The van der Waals surface area contributed by atoms with Crippen molar-refractivity contribution in [3.8, 4) is 5.75 Å². The number of likely N-dealkylation sites (N-methyl/N-ethyl adjacent to an activating group) is 1. The predicted molar refractivity (Wildman–Crippen MR) is 72.6 cm³/mol. The van der Waals surface area contributed by atoms with Gasteiger partial charge in [0.25, 0.3) is 0 Å². The molecule has 2 amide bonds. The molecule has 0 spiro atoms. The van der Waals surface area contributed by atoms with Gasteiger partial charge in [-0.05, 0) is 24.6 Å². The van der Waals surface area contributed by atoms with Crippen LogP contribution in [0.3, 0.4) is 0 Å². The molecule has 104 valence electrons. The number of nitrogens with zero attached hydrogens (tertiary/aromatic N) is 1. The molecule has 0 atom stereocenters. The summed E-state index contributed by atoms with van der Waals surface area (Å²) in [6.45, 7) is 6.49. The Morgan fingerprint density at radius 2 is 2.32 bits per heavy atom. The topological polar surface area (TPSA) is 41.6 Å². The summed E-state index contributed by atoms with van der Waals surface area (Å²) in [5.41, 5.74) is 0.682. The zero-order valence-electron chi connectivity index (χ0n) is 11.3. The van der Waals surface area contributed by atoms with Crippen molar-refractivity contribution in [2.24, 2.45) is 0 Å². The van der Waals surface area contributed by atoms with E-state index >= 15 is 0 Å². The van der Waals surface area contributed by atoms with Crippen LogP contribution < -0.4 is 10.1 Å². The van der Waals surface area contributed by atoms with Crippen molar-refractivity contribution in [3.63, 3.8) is 0 Å². The van der Waals surface area contributed by atoms with Crippen molar-refractivity contribution >= 4 is 6.03 Å². The van der Waals surface area contributed by atoms with Gasteiger partial charge in [-0.25, -0.2) is 9.18 Å².